The summed E-state index contributed by atoms with van der Waals surface area (Å²) in [6.45, 7) is 4.28. The Kier molecular flexibility index (Phi) is 6.17. The third-order valence-corrected chi connectivity index (χ3v) is 5.32. The highest BCUT2D eigenvalue weighted by atomic mass is 35.5. The molecule has 3 rings (SSSR count). The van der Waals surface area contributed by atoms with Gasteiger partial charge in [-0.1, -0.05) is 54.9 Å². The number of piperazine rings is 1. The molecule has 1 N–H and O–H groups in total. The van der Waals surface area contributed by atoms with E-state index in [1.165, 1.54) is 0 Å². The predicted octanol–water partition coefficient (Wildman–Crippen LogP) is 4.02. The van der Waals surface area contributed by atoms with E-state index in [1.54, 1.807) is 7.11 Å². The molecule has 1 saturated heterocycles. The Morgan fingerprint density at radius 3 is 2.77 bits per heavy atom. The number of hydrogen-bond acceptors (Lipinski definition) is 3. The lowest BCUT2D eigenvalue weighted by Crippen LogP contribution is -2.49. The number of nitrogens with zero attached hydrogens (tertiary/aromatic N) is 1. The van der Waals surface area contributed by atoms with E-state index in [1.807, 2.05) is 53.4 Å². The molecular formula is C21H25ClN2O2. The molecule has 0 saturated carbocycles. The Morgan fingerprint density at radius 2 is 2.00 bits per heavy atom. The fourth-order valence-corrected chi connectivity index (χ4v) is 3.85. The van der Waals surface area contributed by atoms with Gasteiger partial charge in [0.2, 0.25) is 5.91 Å². The number of carbonyl (C=O) groups excluding carboxylic acids is 1. The minimum absolute atomic E-state index is 0.0326. The first-order valence-electron chi connectivity index (χ1n) is 8.99. The van der Waals surface area contributed by atoms with Gasteiger partial charge in [0, 0.05) is 31.1 Å². The van der Waals surface area contributed by atoms with Crippen molar-refractivity contribution in [1.82, 2.24) is 10.2 Å². The third kappa shape index (κ3) is 4.02. The zero-order valence-corrected chi connectivity index (χ0v) is 16.0. The molecule has 1 aliphatic heterocycles. The van der Waals surface area contributed by atoms with Crippen molar-refractivity contribution in [3.63, 3.8) is 0 Å². The molecule has 0 bridgehead atoms. The Labute approximate surface area is 160 Å². The number of methoxy groups -OCH3 is 1. The second-order valence-corrected chi connectivity index (χ2v) is 7.08. The van der Waals surface area contributed by atoms with E-state index >= 15 is 0 Å². The molecule has 1 heterocycles. The number of rotatable bonds is 5. The molecule has 2 aromatic rings. The first-order valence-corrected chi connectivity index (χ1v) is 9.37. The van der Waals surface area contributed by atoms with Crippen molar-refractivity contribution in [2.24, 2.45) is 0 Å². The van der Waals surface area contributed by atoms with Crippen LogP contribution in [0.3, 0.4) is 0 Å². The zero-order valence-electron chi connectivity index (χ0n) is 15.2. The van der Waals surface area contributed by atoms with Gasteiger partial charge in [-0.15, -0.1) is 0 Å². The van der Waals surface area contributed by atoms with Gasteiger partial charge >= 0.3 is 0 Å². The van der Waals surface area contributed by atoms with E-state index in [0.29, 0.717) is 18.0 Å². The van der Waals surface area contributed by atoms with Crippen LogP contribution in [0, 0.1) is 0 Å². The second kappa shape index (κ2) is 8.56. The molecule has 0 aromatic heterocycles. The molecule has 1 amide bonds. The number of para-hydroxylation sites is 1. The third-order valence-electron chi connectivity index (χ3n) is 4.98. The van der Waals surface area contributed by atoms with Crippen LogP contribution in [-0.4, -0.2) is 37.6 Å². The standard InChI is InChI=1S/C21H25ClN2O2/c1-15(16-7-4-6-10-20(16)26-2)13-21(25)24-12-11-23-14-19(24)17-8-3-5-9-18(17)22/h3-10,15,19,23H,11-14H2,1-2H3. The maximum atomic E-state index is 13.1. The largest absolute Gasteiger partial charge is 0.496 e. The minimum Gasteiger partial charge on any atom is -0.496 e. The van der Waals surface area contributed by atoms with E-state index in [-0.39, 0.29) is 17.9 Å². The van der Waals surface area contributed by atoms with Crippen LogP contribution in [0.25, 0.3) is 0 Å². The Balaban J connectivity index is 1.78. The number of nitrogens with one attached hydrogen (secondary N) is 1. The summed E-state index contributed by atoms with van der Waals surface area (Å²) in [4.78, 5) is 15.1. The van der Waals surface area contributed by atoms with Gasteiger partial charge < -0.3 is 15.0 Å². The summed E-state index contributed by atoms with van der Waals surface area (Å²) >= 11 is 6.39. The molecule has 138 valence electrons. The van der Waals surface area contributed by atoms with Crippen LogP contribution in [0.1, 0.15) is 36.4 Å². The molecule has 1 aliphatic rings. The highest BCUT2D eigenvalue weighted by Crippen LogP contribution is 2.32. The van der Waals surface area contributed by atoms with E-state index in [4.69, 9.17) is 16.3 Å². The van der Waals surface area contributed by atoms with Gasteiger partial charge in [-0.2, -0.15) is 0 Å². The molecule has 4 nitrogen and oxygen atoms in total. The van der Waals surface area contributed by atoms with Crippen LogP contribution in [0.4, 0.5) is 0 Å². The van der Waals surface area contributed by atoms with Gasteiger partial charge in [0.05, 0.1) is 13.2 Å². The second-order valence-electron chi connectivity index (χ2n) is 6.68. The Bertz CT molecular complexity index is 765. The predicted molar refractivity (Wildman–Crippen MR) is 105 cm³/mol. The summed E-state index contributed by atoms with van der Waals surface area (Å²) in [5.74, 6) is 1.06. The summed E-state index contributed by atoms with van der Waals surface area (Å²) in [5.41, 5.74) is 2.06. The van der Waals surface area contributed by atoms with Gasteiger partial charge in [-0.25, -0.2) is 0 Å². The van der Waals surface area contributed by atoms with Crippen LogP contribution in [0.5, 0.6) is 5.75 Å². The first kappa shape index (κ1) is 18.7. The lowest BCUT2D eigenvalue weighted by atomic mass is 9.95. The number of carbonyl (C=O) groups is 1. The SMILES string of the molecule is COc1ccccc1C(C)CC(=O)N1CCNCC1c1ccccc1Cl. The summed E-state index contributed by atoms with van der Waals surface area (Å²) < 4.78 is 5.45. The normalized spacial score (nSPS) is 18.4. The van der Waals surface area contributed by atoms with Crippen LogP contribution in [0.15, 0.2) is 48.5 Å². The zero-order chi connectivity index (χ0) is 18.5. The van der Waals surface area contributed by atoms with Gasteiger partial charge in [-0.3, -0.25) is 4.79 Å². The lowest BCUT2D eigenvalue weighted by molar-refractivity contribution is -0.134. The number of benzene rings is 2. The molecule has 0 spiro atoms. The summed E-state index contributed by atoms with van der Waals surface area (Å²) in [6, 6.07) is 15.6. The lowest BCUT2D eigenvalue weighted by Gasteiger charge is -2.37. The topological polar surface area (TPSA) is 41.6 Å². The van der Waals surface area contributed by atoms with Crippen molar-refractivity contribution >= 4 is 17.5 Å². The van der Waals surface area contributed by atoms with Gasteiger partial charge in [-0.05, 0) is 29.2 Å². The molecular weight excluding hydrogens is 348 g/mol. The number of amides is 1. The van der Waals surface area contributed by atoms with Crippen molar-refractivity contribution in [2.75, 3.05) is 26.7 Å². The molecule has 26 heavy (non-hydrogen) atoms. The number of halogens is 1. The smallest absolute Gasteiger partial charge is 0.223 e. The van der Waals surface area contributed by atoms with Gasteiger partial charge in [0.25, 0.3) is 0 Å². The van der Waals surface area contributed by atoms with Gasteiger partial charge in [0.15, 0.2) is 0 Å². The molecule has 0 radical (unpaired) electrons. The monoisotopic (exact) mass is 372 g/mol. The molecule has 2 unspecified atom stereocenters. The first-order chi connectivity index (χ1) is 12.6. The maximum absolute atomic E-state index is 13.1. The van der Waals surface area contributed by atoms with Crippen molar-refractivity contribution in [3.8, 4) is 5.75 Å². The minimum atomic E-state index is -0.0326. The number of hydrogen-bond donors (Lipinski definition) is 1. The highest BCUT2D eigenvalue weighted by Gasteiger charge is 2.30. The molecule has 5 heteroatoms. The highest BCUT2D eigenvalue weighted by molar-refractivity contribution is 6.31. The Hall–Kier alpha value is -2.04. The summed E-state index contributed by atoms with van der Waals surface area (Å²) in [7, 11) is 1.66. The van der Waals surface area contributed by atoms with Crippen LogP contribution >= 0.6 is 11.6 Å². The van der Waals surface area contributed by atoms with E-state index < -0.39 is 0 Å². The molecule has 2 aromatic carbocycles. The summed E-state index contributed by atoms with van der Waals surface area (Å²) in [6.07, 6.45) is 0.446. The average molecular weight is 373 g/mol. The quantitative estimate of drug-likeness (QED) is 0.862. The van der Waals surface area contributed by atoms with E-state index in [0.717, 1.165) is 30.0 Å². The molecule has 2 atom stereocenters. The van der Waals surface area contributed by atoms with Crippen molar-refractivity contribution in [1.29, 1.82) is 0 Å². The van der Waals surface area contributed by atoms with Crippen LogP contribution in [-0.2, 0) is 4.79 Å². The number of ether oxygens (including phenoxy) is 1. The molecule has 1 fully saturated rings. The fraction of sp³-hybridized carbons (Fsp3) is 0.381. The Morgan fingerprint density at radius 1 is 1.27 bits per heavy atom. The van der Waals surface area contributed by atoms with Crippen LogP contribution < -0.4 is 10.1 Å². The van der Waals surface area contributed by atoms with E-state index in [2.05, 4.69) is 12.2 Å². The average Bonchev–Trinajstić information content (AvgIpc) is 2.68. The van der Waals surface area contributed by atoms with Crippen molar-refractivity contribution < 1.29 is 9.53 Å². The molecule has 0 aliphatic carbocycles. The fourth-order valence-electron chi connectivity index (χ4n) is 3.59. The van der Waals surface area contributed by atoms with E-state index in [9.17, 15) is 4.79 Å². The van der Waals surface area contributed by atoms with Crippen LogP contribution in [0.2, 0.25) is 5.02 Å². The van der Waals surface area contributed by atoms with Crippen molar-refractivity contribution in [2.45, 2.75) is 25.3 Å². The summed E-state index contributed by atoms with van der Waals surface area (Å²) in [5, 5.41) is 4.08. The maximum Gasteiger partial charge on any atom is 0.223 e. The van der Waals surface area contributed by atoms with Gasteiger partial charge in [0.1, 0.15) is 5.75 Å². The van der Waals surface area contributed by atoms with Crippen molar-refractivity contribution in [3.05, 3.63) is 64.7 Å².